The second kappa shape index (κ2) is 6.55. The Morgan fingerprint density at radius 1 is 1.21 bits per heavy atom. The first-order valence-corrected chi connectivity index (χ1v) is 8.97. The summed E-state index contributed by atoms with van der Waals surface area (Å²) in [6.45, 7) is 16.1. The molecular weight excluding hydrogens is 298 g/mol. The molecule has 0 spiro atoms. The number of nitrogens with zero attached hydrogens (tertiary/aromatic N) is 2. The third-order valence-electron chi connectivity index (χ3n) is 5.70. The molecule has 0 saturated carbocycles. The van der Waals surface area contributed by atoms with Gasteiger partial charge in [-0.15, -0.1) is 0 Å². The lowest BCUT2D eigenvalue weighted by atomic mass is 9.64. The maximum absolute atomic E-state index is 6.09. The summed E-state index contributed by atoms with van der Waals surface area (Å²) in [4.78, 5) is 6.64. The zero-order chi connectivity index (χ0) is 18.2. The summed E-state index contributed by atoms with van der Waals surface area (Å²) in [7, 11) is 2.26. The molecule has 2 heterocycles. The summed E-state index contributed by atoms with van der Waals surface area (Å²) < 4.78 is 6.09. The monoisotopic (exact) mass is 333 g/mol. The predicted molar refractivity (Wildman–Crippen MR) is 101 cm³/mol. The third kappa shape index (κ3) is 4.62. The molecule has 0 aromatic carbocycles. The molecule has 0 radical (unpaired) electrons. The lowest BCUT2D eigenvalue weighted by molar-refractivity contribution is -0.0235. The van der Waals surface area contributed by atoms with Crippen LogP contribution in [0.4, 0.5) is 5.82 Å². The van der Waals surface area contributed by atoms with Gasteiger partial charge in [0.25, 0.3) is 0 Å². The molecule has 2 rings (SSSR count). The van der Waals surface area contributed by atoms with Crippen LogP contribution in [0.15, 0.2) is 18.3 Å². The van der Waals surface area contributed by atoms with E-state index in [1.165, 1.54) is 0 Å². The standard InChI is InChI=1S/C20H35N3O/c1-18(2)10-15(12-24-16-8-9-17(21)22-11-16)19(3,4)13-20(5,6)23(7)14-18/h8-9,11,15H,10,12-14H2,1-7H3,(H2,21,22). The molecule has 1 aliphatic rings. The van der Waals surface area contributed by atoms with Crippen LogP contribution in [0.2, 0.25) is 0 Å². The van der Waals surface area contributed by atoms with E-state index in [4.69, 9.17) is 10.5 Å². The normalized spacial score (nSPS) is 26.4. The van der Waals surface area contributed by atoms with Gasteiger partial charge in [-0.3, -0.25) is 0 Å². The molecule has 0 amide bonds. The van der Waals surface area contributed by atoms with Crippen LogP contribution in [-0.4, -0.2) is 35.6 Å². The Morgan fingerprint density at radius 2 is 1.88 bits per heavy atom. The van der Waals surface area contributed by atoms with E-state index in [2.05, 4.69) is 58.5 Å². The van der Waals surface area contributed by atoms with E-state index in [9.17, 15) is 0 Å². The minimum absolute atomic E-state index is 0.183. The largest absolute Gasteiger partial charge is 0.492 e. The van der Waals surface area contributed by atoms with Gasteiger partial charge in [-0.2, -0.15) is 0 Å². The second-order valence-corrected chi connectivity index (χ2v) is 9.63. The number of likely N-dealkylation sites (tertiary alicyclic amines) is 1. The zero-order valence-electron chi connectivity index (χ0n) is 16.5. The Hall–Kier alpha value is -1.29. The molecule has 2 N–H and O–H groups in total. The highest BCUT2D eigenvalue weighted by Crippen LogP contribution is 2.46. The molecule has 1 saturated heterocycles. The van der Waals surface area contributed by atoms with Crippen molar-refractivity contribution in [2.75, 3.05) is 25.9 Å². The lowest BCUT2D eigenvalue weighted by Gasteiger charge is -2.51. The summed E-state index contributed by atoms with van der Waals surface area (Å²) in [5.41, 5.74) is 6.30. The number of hydrogen-bond donors (Lipinski definition) is 1. The first-order chi connectivity index (χ1) is 10.9. The average molecular weight is 334 g/mol. The zero-order valence-corrected chi connectivity index (χ0v) is 16.5. The molecule has 136 valence electrons. The number of hydrogen-bond acceptors (Lipinski definition) is 4. The third-order valence-corrected chi connectivity index (χ3v) is 5.70. The molecule has 4 nitrogen and oxygen atoms in total. The Balaban J connectivity index is 2.17. The van der Waals surface area contributed by atoms with Gasteiger partial charge in [-0.1, -0.05) is 27.7 Å². The van der Waals surface area contributed by atoms with Crippen LogP contribution in [0.1, 0.15) is 54.4 Å². The van der Waals surface area contributed by atoms with E-state index in [1.54, 1.807) is 12.3 Å². The van der Waals surface area contributed by atoms with E-state index in [1.807, 2.05) is 6.07 Å². The van der Waals surface area contributed by atoms with E-state index < -0.39 is 0 Å². The Labute approximate surface area is 147 Å². The second-order valence-electron chi connectivity index (χ2n) is 9.63. The first-order valence-electron chi connectivity index (χ1n) is 8.97. The minimum atomic E-state index is 0.183. The molecule has 24 heavy (non-hydrogen) atoms. The maximum atomic E-state index is 6.09. The number of aromatic nitrogens is 1. The van der Waals surface area contributed by atoms with E-state index in [-0.39, 0.29) is 16.4 Å². The molecular formula is C20H35N3O. The Kier molecular flexibility index (Phi) is 5.19. The number of anilines is 1. The average Bonchev–Trinajstić information content (AvgIpc) is 2.42. The molecule has 1 atom stereocenters. The fourth-order valence-corrected chi connectivity index (χ4v) is 4.22. The highest BCUT2D eigenvalue weighted by molar-refractivity contribution is 5.32. The van der Waals surface area contributed by atoms with Gasteiger partial charge in [0.1, 0.15) is 11.6 Å². The van der Waals surface area contributed by atoms with Gasteiger partial charge in [-0.25, -0.2) is 4.98 Å². The van der Waals surface area contributed by atoms with E-state index >= 15 is 0 Å². The number of ether oxygens (including phenoxy) is 1. The molecule has 1 aromatic heterocycles. The van der Waals surface area contributed by atoms with Gasteiger partial charge in [0.15, 0.2) is 0 Å². The van der Waals surface area contributed by atoms with Crippen molar-refractivity contribution in [3.8, 4) is 5.75 Å². The van der Waals surface area contributed by atoms with Crippen LogP contribution in [0, 0.1) is 16.7 Å². The Morgan fingerprint density at radius 3 is 2.46 bits per heavy atom. The van der Waals surface area contributed by atoms with Gasteiger partial charge in [0, 0.05) is 12.1 Å². The van der Waals surface area contributed by atoms with Crippen LogP contribution in [0.3, 0.4) is 0 Å². The number of rotatable bonds is 3. The molecule has 1 aromatic rings. The summed E-state index contributed by atoms with van der Waals surface area (Å²) in [6, 6.07) is 3.70. The van der Waals surface area contributed by atoms with Crippen LogP contribution in [-0.2, 0) is 0 Å². The summed E-state index contributed by atoms with van der Waals surface area (Å²) in [5.74, 6) is 1.83. The molecule has 0 bridgehead atoms. The van der Waals surface area contributed by atoms with Crippen LogP contribution in [0.25, 0.3) is 0 Å². The van der Waals surface area contributed by atoms with Crippen LogP contribution in [0.5, 0.6) is 5.75 Å². The van der Waals surface area contributed by atoms with Crippen molar-refractivity contribution in [3.05, 3.63) is 18.3 Å². The summed E-state index contributed by atoms with van der Waals surface area (Å²) >= 11 is 0. The van der Waals surface area contributed by atoms with Crippen molar-refractivity contribution >= 4 is 5.82 Å². The molecule has 4 heteroatoms. The van der Waals surface area contributed by atoms with E-state index in [0.29, 0.717) is 11.7 Å². The van der Waals surface area contributed by atoms with Crippen LogP contribution >= 0.6 is 0 Å². The van der Waals surface area contributed by atoms with Crippen molar-refractivity contribution in [1.82, 2.24) is 9.88 Å². The van der Waals surface area contributed by atoms with Crippen molar-refractivity contribution in [3.63, 3.8) is 0 Å². The summed E-state index contributed by atoms with van der Waals surface area (Å²) in [6.07, 6.45) is 4.03. The van der Waals surface area contributed by atoms with Crippen molar-refractivity contribution in [2.24, 2.45) is 16.7 Å². The van der Waals surface area contributed by atoms with E-state index in [0.717, 1.165) is 31.7 Å². The number of pyridine rings is 1. The quantitative estimate of drug-likeness (QED) is 0.900. The van der Waals surface area contributed by atoms with Gasteiger partial charge in [0.05, 0.1) is 12.8 Å². The number of nitrogen functional groups attached to an aromatic ring is 1. The van der Waals surface area contributed by atoms with Gasteiger partial charge >= 0.3 is 0 Å². The van der Waals surface area contributed by atoms with Gasteiger partial charge in [0.2, 0.25) is 0 Å². The summed E-state index contributed by atoms with van der Waals surface area (Å²) in [5, 5.41) is 0. The van der Waals surface area contributed by atoms with Crippen LogP contribution < -0.4 is 10.5 Å². The molecule has 1 unspecified atom stereocenters. The first kappa shape index (κ1) is 19.0. The van der Waals surface area contributed by atoms with Crippen molar-refractivity contribution in [1.29, 1.82) is 0 Å². The lowest BCUT2D eigenvalue weighted by Crippen LogP contribution is -2.53. The van der Waals surface area contributed by atoms with Crippen molar-refractivity contribution < 1.29 is 4.74 Å². The highest BCUT2D eigenvalue weighted by atomic mass is 16.5. The smallest absolute Gasteiger partial charge is 0.137 e. The SMILES string of the molecule is CN1CC(C)(C)CC(COc2ccc(N)nc2)C(C)(C)CC1(C)C. The minimum Gasteiger partial charge on any atom is -0.492 e. The molecule has 0 aliphatic carbocycles. The fourth-order valence-electron chi connectivity index (χ4n) is 4.22. The predicted octanol–water partition coefficient (Wildman–Crippen LogP) is 4.22. The highest BCUT2D eigenvalue weighted by Gasteiger charge is 2.43. The maximum Gasteiger partial charge on any atom is 0.137 e. The molecule has 1 aliphatic heterocycles. The molecule has 1 fully saturated rings. The van der Waals surface area contributed by atoms with Gasteiger partial charge in [-0.05, 0) is 62.6 Å². The van der Waals surface area contributed by atoms with Crippen molar-refractivity contribution in [2.45, 2.75) is 59.9 Å². The Bertz CT molecular complexity index is 549. The topological polar surface area (TPSA) is 51.4 Å². The number of nitrogens with two attached hydrogens (primary N) is 1. The van der Waals surface area contributed by atoms with Gasteiger partial charge < -0.3 is 15.4 Å². The fraction of sp³-hybridized carbons (Fsp3) is 0.750.